The molecular weight excluding hydrogens is 725 g/mol. The fourth-order valence-corrected chi connectivity index (χ4v) is 6.93. The van der Waals surface area contributed by atoms with E-state index in [0.29, 0.717) is 37.3 Å². The van der Waals surface area contributed by atoms with Crippen molar-refractivity contribution in [3.05, 3.63) is 119 Å². The number of aliphatic hydroxyl groups excluding tert-OH is 1. The average Bonchev–Trinajstić information content (AvgIpc) is 3.44. The first-order valence-corrected chi connectivity index (χ1v) is 19.8. The van der Waals surface area contributed by atoms with Crippen molar-refractivity contribution in [1.82, 2.24) is 20.6 Å². The number of aliphatic hydroxyl groups is 1. The minimum absolute atomic E-state index is 0.0993. The summed E-state index contributed by atoms with van der Waals surface area (Å²) in [7, 11) is 0. The summed E-state index contributed by atoms with van der Waals surface area (Å²) < 4.78 is 9.95. The first-order chi connectivity index (χ1) is 25.9. The maximum absolute atomic E-state index is 12.1. The summed E-state index contributed by atoms with van der Waals surface area (Å²) in [5.74, 6) is 0.856. The highest BCUT2D eigenvalue weighted by Gasteiger charge is 2.43. The highest BCUT2D eigenvalue weighted by Crippen LogP contribution is 2.35. The van der Waals surface area contributed by atoms with Gasteiger partial charge < -0.3 is 14.6 Å². The molecule has 54 heavy (non-hydrogen) atoms. The van der Waals surface area contributed by atoms with Crippen LogP contribution in [0, 0.1) is 0 Å². The minimum atomic E-state index is -0.808. The Kier molecular flexibility index (Phi) is 15.6. The minimum Gasteiger partial charge on any atom is -0.493 e. The number of rotatable bonds is 17. The number of benzene rings is 2. The Hall–Kier alpha value is -4.72. The molecule has 2 aromatic heterocycles. The second kappa shape index (κ2) is 20.1. The van der Waals surface area contributed by atoms with E-state index >= 15 is 0 Å². The third kappa shape index (κ3) is 12.2. The van der Waals surface area contributed by atoms with Gasteiger partial charge in [0.2, 0.25) is 18.2 Å². The van der Waals surface area contributed by atoms with Gasteiger partial charge in [0.1, 0.15) is 29.0 Å². The van der Waals surface area contributed by atoms with Gasteiger partial charge in [-0.2, -0.15) is 0 Å². The number of hydrogen-bond donors (Lipinski definition) is 3. The van der Waals surface area contributed by atoms with Gasteiger partial charge in [0, 0.05) is 24.5 Å². The number of imide groups is 2. The van der Waals surface area contributed by atoms with Gasteiger partial charge in [0.25, 0.3) is 5.24 Å². The number of ether oxygens (including phenoxy) is 2. The van der Waals surface area contributed by atoms with E-state index in [2.05, 4.69) is 40.5 Å². The van der Waals surface area contributed by atoms with Gasteiger partial charge in [-0.1, -0.05) is 50.2 Å². The number of nitrogens with one attached hydrogen (secondary N) is 2. The average molecular weight is 773 g/mol. The molecule has 286 valence electrons. The van der Waals surface area contributed by atoms with Crippen molar-refractivity contribution in [3.63, 3.8) is 0 Å². The molecule has 4 amide bonds. The molecule has 4 aromatic rings. The van der Waals surface area contributed by atoms with Crippen LogP contribution < -0.4 is 20.1 Å². The van der Waals surface area contributed by atoms with Crippen LogP contribution in [0.4, 0.5) is 4.79 Å². The quantitative estimate of drug-likeness (QED) is 0.104. The molecule has 5 rings (SSSR count). The van der Waals surface area contributed by atoms with Crippen LogP contribution in [-0.2, 0) is 46.5 Å². The number of carbonyl (C=O) groups is 4. The fraction of sp³-hybridized carbons (Fsp3) is 0.366. The van der Waals surface area contributed by atoms with Crippen molar-refractivity contribution < 1.29 is 33.8 Å². The Morgan fingerprint density at radius 1 is 0.926 bits per heavy atom. The third-order valence-corrected chi connectivity index (χ3v) is 11.3. The van der Waals surface area contributed by atoms with Crippen molar-refractivity contribution in [1.29, 1.82) is 0 Å². The maximum Gasteiger partial charge on any atom is 0.286 e. The molecule has 1 aliphatic rings. The molecule has 11 nitrogen and oxygen atoms in total. The van der Waals surface area contributed by atoms with Crippen LogP contribution in [0.1, 0.15) is 67.4 Å². The highest BCUT2D eigenvalue weighted by molar-refractivity contribution is 8.16. The van der Waals surface area contributed by atoms with Gasteiger partial charge in [0.05, 0.1) is 17.0 Å². The molecule has 13 heteroatoms. The van der Waals surface area contributed by atoms with Crippen LogP contribution in [0.25, 0.3) is 0 Å². The summed E-state index contributed by atoms with van der Waals surface area (Å²) in [4.78, 5) is 54.6. The number of aromatic nitrogens is 2. The summed E-state index contributed by atoms with van der Waals surface area (Å²) >= 11 is 2.44. The number of thioether (sulfide) groups is 2. The Morgan fingerprint density at radius 3 is 2.04 bits per heavy atom. The van der Waals surface area contributed by atoms with Crippen LogP contribution in [0.15, 0.2) is 85.2 Å². The van der Waals surface area contributed by atoms with Gasteiger partial charge in [-0.3, -0.25) is 39.8 Å². The van der Waals surface area contributed by atoms with Crippen LogP contribution >= 0.6 is 23.5 Å². The van der Waals surface area contributed by atoms with Crippen molar-refractivity contribution >= 4 is 47.0 Å². The highest BCUT2D eigenvalue weighted by atomic mass is 32.2. The molecule has 3 heterocycles. The molecule has 0 saturated carbocycles. The lowest BCUT2D eigenvalue weighted by Gasteiger charge is -2.25. The molecule has 0 aliphatic carbocycles. The topological polar surface area (TPSA) is 157 Å². The number of aryl methyl sites for hydroxylation is 2. The zero-order chi connectivity index (χ0) is 39.1. The Bertz CT molecular complexity index is 1840. The fourth-order valence-electron chi connectivity index (χ4n) is 5.44. The summed E-state index contributed by atoms with van der Waals surface area (Å²) in [5.41, 5.74) is 5.88. The molecule has 1 fully saturated rings. The van der Waals surface area contributed by atoms with E-state index in [1.807, 2.05) is 67.0 Å². The molecule has 3 unspecified atom stereocenters. The van der Waals surface area contributed by atoms with Gasteiger partial charge in [-0.05, 0) is 116 Å². The van der Waals surface area contributed by atoms with E-state index in [0.717, 1.165) is 59.2 Å². The lowest BCUT2D eigenvalue weighted by Crippen LogP contribution is -2.42. The van der Waals surface area contributed by atoms with Crippen LogP contribution in [-0.4, -0.2) is 67.5 Å². The lowest BCUT2D eigenvalue weighted by molar-refractivity contribution is -0.127. The number of carbonyl (C=O) groups excluding carboxylic acids is 4. The first kappa shape index (κ1) is 42.0. The zero-order valence-electron chi connectivity index (χ0n) is 31.3. The summed E-state index contributed by atoms with van der Waals surface area (Å²) in [6, 6.07) is 22.9. The number of hydrogen-bond acceptors (Lipinski definition) is 11. The standard InChI is InChI=1S/C21H26N2O4S.C20H22N2O3S/c1-4-15-7-10-18(22-12-15)19(25)13-27-17-8-5-16(6-9-17)11-21(2,28-3)20(26)23-14-24;1-3-14-4-7-16(21-13-14)10-11-25-17-8-5-15(6-9-17)12-20(2)18(23)22-19(24)26-20/h5-10,12,14,19,25H,4,11,13H2,1-3H3,(H,23,24,26);4-9,13H,3,10-12H2,1-2H3,(H,22,23,24). The Balaban J connectivity index is 0.000000241. The molecule has 1 aliphatic heterocycles. The second-order valence-corrected chi connectivity index (χ2v) is 15.9. The monoisotopic (exact) mass is 772 g/mol. The maximum atomic E-state index is 12.1. The summed E-state index contributed by atoms with van der Waals surface area (Å²) in [6.45, 7) is 8.41. The molecule has 3 N–H and O–H groups in total. The SMILES string of the molecule is CCc1ccc(C(O)COc2ccc(CC(C)(SC)C(=O)NC=O)cc2)nc1.CCc1ccc(CCOc2ccc(CC3(C)SC(=O)NC3=O)cc2)nc1. The third-order valence-electron chi connectivity index (χ3n) is 8.99. The van der Waals surface area contributed by atoms with Gasteiger partial charge in [-0.15, -0.1) is 11.8 Å². The lowest BCUT2D eigenvalue weighted by atomic mass is 9.99. The number of pyridine rings is 2. The van der Waals surface area contributed by atoms with Gasteiger partial charge in [-0.25, -0.2) is 0 Å². The second-order valence-electron chi connectivity index (χ2n) is 13.1. The first-order valence-electron chi connectivity index (χ1n) is 17.7. The van der Waals surface area contributed by atoms with Crippen LogP contribution in [0.5, 0.6) is 11.5 Å². The largest absolute Gasteiger partial charge is 0.493 e. The molecule has 3 atom stereocenters. The van der Waals surface area contributed by atoms with Crippen molar-refractivity contribution in [3.8, 4) is 11.5 Å². The van der Waals surface area contributed by atoms with E-state index in [9.17, 15) is 24.3 Å². The normalized spacial score (nSPS) is 16.6. The Labute approximate surface area is 325 Å². The van der Waals surface area contributed by atoms with Gasteiger partial charge >= 0.3 is 0 Å². The molecule has 0 bridgehead atoms. The molecule has 2 aromatic carbocycles. The molecule has 0 radical (unpaired) electrons. The van der Waals surface area contributed by atoms with Crippen LogP contribution in [0.3, 0.4) is 0 Å². The van der Waals surface area contributed by atoms with Gasteiger partial charge in [0.15, 0.2) is 0 Å². The van der Waals surface area contributed by atoms with E-state index in [-0.39, 0.29) is 23.7 Å². The van der Waals surface area contributed by atoms with Crippen molar-refractivity contribution in [2.45, 2.75) is 75.4 Å². The zero-order valence-corrected chi connectivity index (χ0v) is 32.9. The molecule has 1 saturated heterocycles. The summed E-state index contributed by atoms with van der Waals surface area (Å²) in [6.07, 6.45) is 8.73. The summed E-state index contributed by atoms with van der Waals surface area (Å²) in [5, 5.41) is 14.5. The van der Waals surface area contributed by atoms with E-state index in [4.69, 9.17) is 9.47 Å². The predicted octanol–water partition coefficient (Wildman–Crippen LogP) is 6.24. The van der Waals surface area contributed by atoms with E-state index < -0.39 is 15.6 Å². The van der Waals surface area contributed by atoms with Crippen LogP contribution in [0.2, 0.25) is 0 Å². The molecular formula is C41H48N4O7S2. The smallest absolute Gasteiger partial charge is 0.286 e. The molecule has 0 spiro atoms. The number of amides is 4. The van der Waals surface area contributed by atoms with Crippen molar-refractivity contribution in [2.75, 3.05) is 19.5 Å². The predicted molar refractivity (Wildman–Crippen MR) is 213 cm³/mol. The van der Waals surface area contributed by atoms with Crippen molar-refractivity contribution in [2.24, 2.45) is 0 Å². The van der Waals surface area contributed by atoms with E-state index in [1.54, 1.807) is 32.2 Å². The number of nitrogens with zero attached hydrogens (tertiary/aromatic N) is 2. The van der Waals surface area contributed by atoms with E-state index in [1.165, 1.54) is 17.3 Å². The Morgan fingerprint density at radius 2 is 1.52 bits per heavy atom.